The van der Waals surface area contributed by atoms with Crippen LogP contribution in [0.3, 0.4) is 0 Å². The van der Waals surface area contributed by atoms with Gasteiger partial charge in [0.1, 0.15) is 0 Å². The van der Waals surface area contributed by atoms with E-state index in [2.05, 4.69) is 19.8 Å². The molecular formula is C15H23N5. The van der Waals surface area contributed by atoms with Crippen LogP contribution in [0.25, 0.3) is 0 Å². The summed E-state index contributed by atoms with van der Waals surface area (Å²) in [5.41, 5.74) is 0. The molecule has 0 bridgehead atoms. The lowest BCUT2D eigenvalue weighted by Gasteiger charge is -2.38. The zero-order valence-corrected chi connectivity index (χ0v) is 12.0. The number of hydrogen-bond acceptors (Lipinski definition) is 4. The Morgan fingerprint density at radius 3 is 2.30 bits per heavy atom. The number of piperazine rings is 1. The molecular weight excluding hydrogens is 250 g/mol. The molecule has 0 radical (unpaired) electrons. The zero-order chi connectivity index (χ0) is 13.8. The van der Waals surface area contributed by atoms with Gasteiger partial charge in [-0.25, -0.2) is 9.97 Å². The van der Waals surface area contributed by atoms with Gasteiger partial charge >= 0.3 is 0 Å². The topological polar surface area (TPSA) is 56.1 Å². The first kappa shape index (κ1) is 13.3. The lowest BCUT2D eigenvalue weighted by atomic mass is 9.88. The van der Waals surface area contributed by atoms with Crippen LogP contribution >= 0.6 is 0 Å². The highest BCUT2D eigenvalue weighted by Crippen LogP contribution is 2.26. The molecule has 2 fully saturated rings. The van der Waals surface area contributed by atoms with Crippen molar-refractivity contribution in [1.29, 1.82) is 5.41 Å². The first-order valence-corrected chi connectivity index (χ1v) is 7.70. The molecule has 1 saturated carbocycles. The number of nitrogens with zero attached hydrogens (tertiary/aromatic N) is 4. The highest BCUT2D eigenvalue weighted by Gasteiger charge is 2.26. The third kappa shape index (κ3) is 2.92. The second-order valence-electron chi connectivity index (χ2n) is 5.74. The summed E-state index contributed by atoms with van der Waals surface area (Å²) in [7, 11) is 0. The van der Waals surface area contributed by atoms with Crippen LogP contribution in [-0.4, -0.2) is 46.9 Å². The molecule has 1 aliphatic heterocycles. The van der Waals surface area contributed by atoms with Crippen molar-refractivity contribution in [3.8, 4) is 0 Å². The van der Waals surface area contributed by atoms with Gasteiger partial charge in [-0.3, -0.25) is 5.41 Å². The molecule has 0 aromatic carbocycles. The van der Waals surface area contributed by atoms with Crippen LogP contribution in [-0.2, 0) is 0 Å². The highest BCUT2D eigenvalue weighted by atomic mass is 15.3. The van der Waals surface area contributed by atoms with Gasteiger partial charge in [0.2, 0.25) is 5.95 Å². The van der Waals surface area contributed by atoms with Gasteiger partial charge in [0.25, 0.3) is 0 Å². The Kier molecular flexibility index (Phi) is 4.14. The highest BCUT2D eigenvalue weighted by molar-refractivity contribution is 5.82. The summed E-state index contributed by atoms with van der Waals surface area (Å²) < 4.78 is 0. The number of aromatic nitrogens is 2. The average Bonchev–Trinajstić information content (AvgIpc) is 2.56. The third-order valence-electron chi connectivity index (χ3n) is 4.45. The standard InChI is InChI=1S/C15H23N5/c16-14(13-5-2-1-3-6-13)19-9-11-20(12-10-19)15-17-7-4-8-18-15/h4,7-8,13,16H,1-3,5-6,9-12H2. The Morgan fingerprint density at radius 2 is 1.65 bits per heavy atom. The van der Waals surface area contributed by atoms with E-state index in [9.17, 15) is 0 Å². The first-order chi connectivity index (χ1) is 9.84. The Balaban J connectivity index is 1.54. The Morgan fingerprint density at radius 1 is 1.00 bits per heavy atom. The third-order valence-corrected chi connectivity index (χ3v) is 4.45. The molecule has 5 nitrogen and oxygen atoms in total. The summed E-state index contributed by atoms with van der Waals surface area (Å²) in [5.74, 6) is 2.19. The van der Waals surface area contributed by atoms with Crippen LogP contribution in [0.2, 0.25) is 0 Å². The Hall–Kier alpha value is -1.65. The normalized spacial score (nSPS) is 21.0. The van der Waals surface area contributed by atoms with Crippen molar-refractivity contribution in [2.75, 3.05) is 31.1 Å². The van der Waals surface area contributed by atoms with Crippen molar-refractivity contribution < 1.29 is 0 Å². The summed E-state index contributed by atoms with van der Waals surface area (Å²) in [6.07, 6.45) is 9.94. The van der Waals surface area contributed by atoms with Gasteiger partial charge < -0.3 is 9.80 Å². The van der Waals surface area contributed by atoms with E-state index in [0.717, 1.165) is 38.0 Å². The van der Waals surface area contributed by atoms with Crippen molar-refractivity contribution >= 4 is 11.8 Å². The van der Waals surface area contributed by atoms with E-state index in [4.69, 9.17) is 5.41 Å². The molecule has 3 rings (SSSR count). The summed E-state index contributed by atoms with van der Waals surface area (Å²) in [4.78, 5) is 13.1. The second kappa shape index (κ2) is 6.20. The Bertz CT molecular complexity index is 433. The number of nitrogens with one attached hydrogen (secondary N) is 1. The van der Waals surface area contributed by atoms with Crippen LogP contribution in [0.1, 0.15) is 32.1 Å². The predicted molar refractivity (Wildman–Crippen MR) is 80.1 cm³/mol. The molecule has 1 aromatic rings. The van der Waals surface area contributed by atoms with Crippen LogP contribution in [0.15, 0.2) is 18.5 Å². The van der Waals surface area contributed by atoms with Crippen molar-refractivity contribution in [2.24, 2.45) is 5.92 Å². The maximum Gasteiger partial charge on any atom is 0.225 e. The molecule has 0 amide bonds. The van der Waals surface area contributed by atoms with Crippen molar-refractivity contribution in [3.05, 3.63) is 18.5 Å². The largest absolute Gasteiger partial charge is 0.357 e. The maximum absolute atomic E-state index is 8.42. The van der Waals surface area contributed by atoms with Gasteiger partial charge in [0.15, 0.2) is 0 Å². The van der Waals surface area contributed by atoms with Crippen molar-refractivity contribution in [1.82, 2.24) is 14.9 Å². The van der Waals surface area contributed by atoms with Crippen molar-refractivity contribution in [3.63, 3.8) is 0 Å². The van der Waals surface area contributed by atoms with Crippen LogP contribution in [0.5, 0.6) is 0 Å². The summed E-state index contributed by atoms with van der Waals surface area (Å²) in [5, 5.41) is 8.42. The fourth-order valence-electron chi connectivity index (χ4n) is 3.24. The monoisotopic (exact) mass is 273 g/mol. The molecule has 20 heavy (non-hydrogen) atoms. The van der Waals surface area contributed by atoms with Crippen LogP contribution < -0.4 is 4.90 Å². The van der Waals surface area contributed by atoms with Crippen LogP contribution in [0.4, 0.5) is 5.95 Å². The molecule has 2 aliphatic rings. The molecule has 0 unspecified atom stereocenters. The van der Waals surface area contributed by atoms with Gasteiger partial charge in [-0.15, -0.1) is 0 Å². The molecule has 108 valence electrons. The molecule has 2 heterocycles. The van der Waals surface area contributed by atoms with E-state index in [-0.39, 0.29) is 0 Å². The first-order valence-electron chi connectivity index (χ1n) is 7.70. The average molecular weight is 273 g/mol. The zero-order valence-electron chi connectivity index (χ0n) is 12.0. The summed E-state index contributed by atoms with van der Waals surface area (Å²) in [6, 6.07) is 1.85. The lowest BCUT2D eigenvalue weighted by Crippen LogP contribution is -2.50. The molecule has 5 heteroatoms. The van der Waals surface area contributed by atoms with E-state index in [1.165, 1.54) is 32.1 Å². The summed E-state index contributed by atoms with van der Waals surface area (Å²) in [6.45, 7) is 3.68. The molecule has 0 spiro atoms. The van der Waals surface area contributed by atoms with E-state index < -0.39 is 0 Å². The quantitative estimate of drug-likeness (QED) is 0.662. The molecule has 1 N–H and O–H groups in total. The Labute approximate surface area is 120 Å². The second-order valence-corrected chi connectivity index (χ2v) is 5.74. The fourth-order valence-corrected chi connectivity index (χ4v) is 3.24. The van der Waals surface area contributed by atoms with Gasteiger partial charge in [0.05, 0.1) is 5.84 Å². The van der Waals surface area contributed by atoms with Gasteiger partial charge in [-0.05, 0) is 18.9 Å². The van der Waals surface area contributed by atoms with Crippen molar-refractivity contribution in [2.45, 2.75) is 32.1 Å². The minimum atomic E-state index is 0.503. The van der Waals surface area contributed by atoms with Gasteiger partial charge in [0, 0.05) is 44.5 Å². The van der Waals surface area contributed by atoms with E-state index >= 15 is 0 Å². The minimum absolute atomic E-state index is 0.503. The smallest absolute Gasteiger partial charge is 0.225 e. The maximum atomic E-state index is 8.42. The number of rotatable bonds is 2. The SMILES string of the molecule is N=C(C1CCCCC1)N1CCN(c2ncccn2)CC1. The van der Waals surface area contributed by atoms with Gasteiger partial charge in [-0.2, -0.15) is 0 Å². The number of anilines is 1. The van der Waals surface area contributed by atoms with E-state index in [1.807, 2.05) is 6.07 Å². The molecule has 1 aliphatic carbocycles. The number of amidine groups is 1. The lowest BCUT2D eigenvalue weighted by molar-refractivity contribution is 0.334. The summed E-state index contributed by atoms with van der Waals surface area (Å²) >= 11 is 0. The predicted octanol–water partition coefficient (Wildman–Crippen LogP) is 2.16. The fraction of sp³-hybridized carbons (Fsp3) is 0.667. The number of hydrogen-bond donors (Lipinski definition) is 1. The molecule has 1 aromatic heterocycles. The minimum Gasteiger partial charge on any atom is -0.357 e. The van der Waals surface area contributed by atoms with Crippen LogP contribution in [0, 0.1) is 11.3 Å². The molecule has 1 saturated heterocycles. The van der Waals surface area contributed by atoms with Gasteiger partial charge in [-0.1, -0.05) is 19.3 Å². The van der Waals surface area contributed by atoms with E-state index in [1.54, 1.807) is 12.4 Å². The van der Waals surface area contributed by atoms with E-state index in [0.29, 0.717) is 5.92 Å². The molecule has 0 atom stereocenters.